The Morgan fingerprint density at radius 3 is 1.43 bits per heavy atom. The second-order valence-electron chi connectivity index (χ2n) is 0.837. The number of aliphatic hydroxyl groups is 2. The van der Waals surface area contributed by atoms with Gasteiger partial charge >= 0.3 is 0 Å². The van der Waals surface area contributed by atoms with Crippen LogP contribution >= 0.6 is 0 Å². The summed E-state index contributed by atoms with van der Waals surface area (Å²) < 4.78 is 0. The Labute approximate surface area is 53.6 Å². The van der Waals surface area contributed by atoms with Crippen molar-refractivity contribution in [2.75, 3.05) is 13.2 Å². The van der Waals surface area contributed by atoms with Crippen molar-refractivity contribution >= 4 is 17.4 Å². The molecule has 0 bridgehead atoms. The third-order valence-electron chi connectivity index (χ3n) is 0.377. The van der Waals surface area contributed by atoms with Crippen molar-refractivity contribution in [1.82, 2.24) is 0 Å². The molecule has 0 unspecified atom stereocenters. The maximum Gasteiger partial charge on any atom is 0.0613 e. The van der Waals surface area contributed by atoms with Crippen LogP contribution in [-0.2, 0) is 0 Å². The van der Waals surface area contributed by atoms with Gasteiger partial charge in [-0.2, -0.15) is 0 Å². The van der Waals surface area contributed by atoms with Gasteiger partial charge in [-0.3, -0.25) is 0 Å². The molecule has 0 saturated carbocycles. The fourth-order valence-electron chi connectivity index (χ4n) is 0.149. The Kier molecular flexibility index (Phi) is 13.9. The second kappa shape index (κ2) is 9.50. The SMILES string of the molecule is OC/C=C\CO.[Al]. The van der Waals surface area contributed by atoms with Gasteiger partial charge in [0.05, 0.1) is 13.2 Å². The molecule has 0 aliphatic carbocycles. The highest BCUT2D eigenvalue weighted by atomic mass is 27.0. The molecule has 3 heteroatoms. The van der Waals surface area contributed by atoms with Crippen molar-refractivity contribution < 1.29 is 10.2 Å². The maximum atomic E-state index is 8.00. The molecule has 0 aromatic rings. The van der Waals surface area contributed by atoms with Crippen LogP contribution in [0.15, 0.2) is 12.2 Å². The van der Waals surface area contributed by atoms with Crippen molar-refractivity contribution in [2.45, 2.75) is 0 Å². The Morgan fingerprint density at radius 2 is 1.29 bits per heavy atom. The van der Waals surface area contributed by atoms with Gasteiger partial charge in [-0.05, 0) is 0 Å². The lowest BCUT2D eigenvalue weighted by molar-refractivity contribution is 0.329. The van der Waals surface area contributed by atoms with E-state index in [4.69, 9.17) is 10.2 Å². The van der Waals surface area contributed by atoms with Crippen LogP contribution in [0.4, 0.5) is 0 Å². The third-order valence-corrected chi connectivity index (χ3v) is 0.377. The van der Waals surface area contributed by atoms with Gasteiger partial charge in [-0.25, -0.2) is 0 Å². The summed E-state index contributed by atoms with van der Waals surface area (Å²) in [7, 11) is 0. The summed E-state index contributed by atoms with van der Waals surface area (Å²) >= 11 is 0. The molecule has 0 aromatic carbocycles. The molecule has 2 nitrogen and oxygen atoms in total. The molecule has 0 spiro atoms. The van der Waals surface area contributed by atoms with Crippen LogP contribution in [0.1, 0.15) is 0 Å². The second-order valence-corrected chi connectivity index (χ2v) is 0.837. The number of hydrogen-bond donors (Lipinski definition) is 2. The molecule has 3 radical (unpaired) electrons. The highest BCUT2D eigenvalue weighted by molar-refractivity contribution is 5.75. The normalized spacial score (nSPS) is 8.86. The zero-order valence-corrected chi connectivity index (χ0v) is 5.20. The summed E-state index contributed by atoms with van der Waals surface area (Å²) in [6.07, 6.45) is 2.97. The van der Waals surface area contributed by atoms with Gasteiger partial charge in [0.25, 0.3) is 0 Å². The summed E-state index contributed by atoms with van der Waals surface area (Å²) in [5.41, 5.74) is 0. The predicted molar refractivity (Wildman–Crippen MR) is 29.1 cm³/mol. The molecule has 0 fully saturated rings. The van der Waals surface area contributed by atoms with Crippen LogP contribution in [0.2, 0.25) is 0 Å². The van der Waals surface area contributed by atoms with Crippen molar-refractivity contribution in [1.29, 1.82) is 0 Å². The van der Waals surface area contributed by atoms with Crippen molar-refractivity contribution in [3.8, 4) is 0 Å². The van der Waals surface area contributed by atoms with Gasteiger partial charge in [-0.1, -0.05) is 12.2 Å². The lowest BCUT2D eigenvalue weighted by Crippen LogP contribution is -1.74. The summed E-state index contributed by atoms with van der Waals surface area (Å²) in [5.74, 6) is 0. The van der Waals surface area contributed by atoms with Gasteiger partial charge in [-0.15, -0.1) is 0 Å². The maximum absolute atomic E-state index is 8.00. The van der Waals surface area contributed by atoms with Gasteiger partial charge in [0.2, 0.25) is 0 Å². The number of hydrogen-bond acceptors (Lipinski definition) is 2. The first-order chi connectivity index (χ1) is 2.91. The van der Waals surface area contributed by atoms with Gasteiger partial charge < -0.3 is 10.2 Å². The largest absolute Gasteiger partial charge is 0.392 e. The lowest BCUT2D eigenvalue weighted by atomic mass is 10.5. The molecule has 0 aliphatic rings. The molecule has 0 saturated heterocycles. The van der Waals surface area contributed by atoms with E-state index >= 15 is 0 Å². The standard InChI is InChI=1S/C4H8O2.Al/c5-3-1-2-4-6;/h1-2,5-6H,3-4H2;/b2-1-;. The van der Waals surface area contributed by atoms with Crippen molar-refractivity contribution in [3.63, 3.8) is 0 Å². The average Bonchev–Trinajstić information content (AvgIpc) is 1.61. The first-order valence-corrected chi connectivity index (χ1v) is 1.78. The van der Waals surface area contributed by atoms with E-state index in [0.29, 0.717) is 0 Å². The molecule has 0 atom stereocenters. The van der Waals surface area contributed by atoms with E-state index in [1.54, 1.807) is 0 Å². The minimum Gasteiger partial charge on any atom is -0.392 e. The van der Waals surface area contributed by atoms with Crippen LogP contribution in [0.3, 0.4) is 0 Å². The van der Waals surface area contributed by atoms with Crippen LogP contribution < -0.4 is 0 Å². The van der Waals surface area contributed by atoms with Gasteiger partial charge in [0, 0.05) is 17.4 Å². The number of aliphatic hydroxyl groups excluding tert-OH is 2. The van der Waals surface area contributed by atoms with E-state index in [0.717, 1.165) is 0 Å². The monoisotopic (exact) mass is 115 g/mol. The molecule has 0 aliphatic heterocycles. The molecule has 0 heterocycles. The predicted octanol–water partition coefficient (Wildman–Crippen LogP) is -0.854. The Morgan fingerprint density at radius 1 is 1.00 bits per heavy atom. The van der Waals surface area contributed by atoms with E-state index in [1.807, 2.05) is 0 Å². The molecular formula is C4H8AlO2. The zero-order chi connectivity index (χ0) is 4.83. The van der Waals surface area contributed by atoms with E-state index in [-0.39, 0.29) is 30.6 Å². The molecule has 0 rings (SSSR count). The van der Waals surface area contributed by atoms with E-state index in [2.05, 4.69) is 0 Å². The number of rotatable bonds is 2. The highest BCUT2D eigenvalue weighted by Crippen LogP contribution is 1.63. The molecule has 0 aromatic heterocycles. The summed E-state index contributed by atoms with van der Waals surface area (Å²) in [4.78, 5) is 0. The minimum absolute atomic E-state index is 0. The quantitative estimate of drug-likeness (QED) is 0.363. The third kappa shape index (κ3) is 10.7. The van der Waals surface area contributed by atoms with Gasteiger partial charge in [0.1, 0.15) is 0 Å². The van der Waals surface area contributed by atoms with E-state index in [9.17, 15) is 0 Å². The van der Waals surface area contributed by atoms with Crippen LogP contribution in [0.5, 0.6) is 0 Å². The Hall–Kier alpha value is 0.192. The van der Waals surface area contributed by atoms with Gasteiger partial charge in [0.15, 0.2) is 0 Å². The van der Waals surface area contributed by atoms with Crippen LogP contribution in [-0.4, -0.2) is 40.8 Å². The summed E-state index contributed by atoms with van der Waals surface area (Å²) in [5, 5.41) is 16.0. The fraction of sp³-hybridized carbons (Fsp3) is 0.500. The minimum atomic E-state index is 0. The smallest absolute Gasteiger partial charge is 0.0613 e. The lowest BCUT2D eigenvalue weighted by Gasteiger charge is -1.73. The highest BCUT2D eigenvalue weighted by Gasteiger charge is 1.61. The molecule has 7 heavy (non-hydrogen) atoms. The molecule has 2 N–H and O–H groups in total. The first-order valence-electron chi connectivity index (χ1n) is 1.78. The van der Waals surface area contributed by atoms with Crippen LogP contribution in [0, 0.1) is 0 Å². The topological polar surface area (TPSA) is 40.5 Å². The molecular weight excluding hydrogens is 107 g/mol. The summed E-state index contributed by atoms with van der Waals surface area (Å²) in [6.45, 7) is 0.0289. The first kappa shape index (κ1) is 10.2. The van der Waals surface area contributed by atoms with Crippen molar-refractivity contribution in [3.05, 3.63) is 12.2 Å². The fourth-order valence-corrected chi connectivity index (χ4v) is 0.149. The van der Waals surface area contributed by atoms with Crippen LogP contribution in [0.25, 0.3) is 0 Å². The van der Waals surface area contributed by atoms with Crippen molar-refractivity contribution in [2.24, 2.45) is 0 Å². The Balaban J connectivity index is 0. The Bertz CT molecular complexity index is 39.0. The zero-order valence-electron chi connectivity index (χ0n) is 4.04. The van der Waals surface area contributed by atoms with E-state index < -0.39 is 0 Å². The van der Waals surface area contributed by atoms with E-state index in [1.165, 1.54) is 12.2 Å². The molecule has 0 amide bonds. The average molecular weight is 115 g/mol. The molecule has 39 valence electrons. The summed E-state index contributed by atoms with van der Waals surface area (Å²) in [6, 6.07) is 0.